The fraction of sp³-hybridized carbons (Fsp3) is 0.286. The van der Waals surface area contributed by atoms with Gasteiger partial charge in [-0.15, -0.1) is 0 Å². The predicted molar refractivity (Wildman–Crippen MR) is 73.1 cm³/mol. The van der Waals surface area contributed by atoms with Gasteiger partial charge in [0, 0.05) is 11.1 Å². The third-order valence-corrected chi connectivity index (χ3v) is 2.50. The molecule has 0 bridgehead atoms. The molecule has 0 spiro atoms. The number of amides is 2. The number of carbonyl (C=O) groups is 2. The molecule has 0 radical (unpaired) electrons. The Balaban J connectivity index is 2.92. The maximum Gasteiger partial charge on any atom is 0.252 e. The standard InChI is InChI=1S/C14H17N3O2/c1-14(2,13(16)19)17-12(18)11-7-3-5-10(9-11)6-4-8-15/h3,5,7,9H,8,15H2,1-2H3,(H2,16,19)(H,17,18). The summed E-state index contributed by atoms with van der Waals surface area (Å²) in [5.74, 6) is 4.58. The maximum atomic E-state index is 12.0. The summed E-state index contributed by atoms with van der Waals surface area (Å²) in [6.07, 6.45) is 0. The van der Waals surface area contributed by atoms with Crippen LogP contribution in [-0.2, 0) is 4.79 Å². The van der Waals surface area contributed by atoms with Crippen LogP contribution in [-0.4, -0.2) is 23.9 Å². The molecule has 0 fully saturated rings. The van der Waals surface area contributed by atoms with Crippen molar-refractivity contribution in [3.05, 3.63) is 35.4 Å². The summed E-state index contributed by atoms with van der Waals surface area (Å²) in [4.78, 5) is 23.2. The van der Waals surface area contributed by atoms with Gasteiger partial charge in [0.15, 0.2) is 0 Å². The van der Waals surface area contributed by atoms with Crippen molar-refractivity contribution in [3.63, 3.8) is 0 Å². The van der Waals surface area contributed by atoms with Gasteiger partial charge in [-0.2, -0.15) is 0 Å². The van der Waals surface area contributed by atoms with Crippen LogP contribution in [0.1, 0.15) is 29.8 Å². The minimum absolute atomic E-state index is 0.255. The van der Waals surface area contributed by atoms with Gasteiger partial charge >= 0.3 is 0 Å². The lowest BCUT2D eigenvalue weighted by molar-refractivity contribution is -0.122. The van der Waals surface area contributed by atoms with Gasteiger partial charge in [0.1, 0.15) is 5.54 Å². The van der Waals surface area contributed by atoms with Gasteiger partial charge in [-0.25, -0.2) is 0 Å². The van der Waals surface area contributed by atoms with E-state index in [4.69, 9.17) is 11.5 Å². The highest BCUT2D eigenvalue weighted by Crippen LogP contribution is 2.07. The Hall–Kier alpha value is -2.32. The van der Waals surface area contributed by atoms with Crippen LogP contribution in [0.4, 0.5) is 0 Å². The summed E-state index contributed by atoms with van der Waals surface area (Å²) in [7, 11) is 0. The molecule has 0 unspecified atom stereocenters. The molecule has 0 aliphatic rings. The molecule has 0 saturated carbocycles. The molecule has 1 aromatic rings. The Bertz CT molecular complexity index is 553. The number of carbonyl (C=O) groups excluding carboxylic acids is 2. The molecule has 0 heterocycles. The fourth-order valence-corrected chi connectivity index (χ4v) is 1.31. The van der Waals surface area contributed by atoms with Crippen LogP contribution in [0.25, 0.3) is 0 Å². The first kappa shape index (κ1) is 14.7. The summed E-state index contributed by atoms with van der Waals surface area (Å²) in [6.45, 7) is 3.35. The lowest BCUT2D eigenvalue weighted by atomic mass is 10.0. The molecule has 5 nitrogen and oxygen atoms in total. The summed E-state index contributed by atoms with van der Waals surface area (Å²) >= 11 is 0. The lowest BCUT2D eigenvalue weighted by Gasteiger charge is -2.22. The molecule has 2 amide bonds. The van der Waals surface area contributed by atoms with E-state index in [1.807, 2.05) is 0 Å². The van der Waals surface area contributed by atoms with Crippen molar-refractivity contribution in [1.29, 1.82) is 0 Å². The number of hydrogen-bond acceptors (Lipinski definition) is 3. The average Bonchev–Trinajstić information content (AvgIpc) is 2.36. The molecule has 5 heteroatoms. The second-order valence-electron chi connectivity index (χ2n) is 4.53. The van der Waals surface area contributed by atoms with Crippen LogP contribution < -0.4 is 16.8 Å². The second-order valence-corrected chi connectivity index (χ2v) is 4.53. The van der Waals surface area contributed by atoms with E-state index >= 15 is 0 Å². The maximum absolute atomic E-state index is 12.0. The van der Waals surface area contributed by atoms with E-state index in [0.717, 1.165) is 0 Å². The zero-order valence-electron chi connectivity index (χ0n) is 11.0. The van der Waals surface area contributed by atoms with Crippen molar-refractivity contribution in [2.75, 3.05) is 6.54 Å². The molecule has 0 aliphatic carbocycles. The monoisotopic (exact) mass is 259 g/mol. The molecule has 0 aromatic heterocycles. The van der Waals surface area contributed by atoms with Gasteiger partial charge in [0.25, 0.3) is 5.91 Å². The van der Waals surface area contributed by atoms with E-state index in [9.17, 15) is 9.59 Å². The summed E-state index contributed by atoms with van der Waals surface area (Å²) in [6, 6.07) is 6.76. The van der Waals surface area contributed by atoms with E-state index in [1.165, 1.54) is 0 Å². The van der Waals surface area contributed by atoms with Crippen molar-refractivity contribution in [2.24, 2.45) is 11.5 Å². The lowest BCUT2D eigenvalue weighted by Crippen LogP contribution is -2.53. The molecule has 1 aromatic carbocycles. The van der Waals surface area contributed by atoms with Crippen LogP contribution in [0.2, 0.25) is 0 Å². The largest absolute Gasteiger partial charge is 0.368 e. The van der Waals surface area contributed by atoms with E-state index in [-0.39, 0.29) is 12.5 Å². The van der Waals surface area contributed by atoms with Crippen LogP contribution in [0.15, 0.2) is 24.3 Å². The Morgan fingerprint density at radius 3 is 2.63 bits per heavy atom. The van der Waals surface area contributed by atoms with Crippen LogP contribution >= 0.6 is 0 Å². The minimum Gasteiger partial charge on any atom is -0.368 e. The van der Waals surface area contributed by atoms with E-state index in [1.54, 1.807) is 38.1 Å². The number of nitrogens with two attached hydrogens (primary N) is 2. The molecule has 0 aliphatic heterocycles. The number of primary amides is 1. The van der Waals surface area contributed by atoms with Gasteiger partial charge in [0.05, 0.1) is 6.54 Å². The van der Waals surface area contributed by atoms with Crippen molar-refractivity contribution in [3.8, 4) is 11.8 Å². The molecule has 100 valence electrons. The van der Waals surface area contributed by atoms with E-state index in [0.29, 0.717) is 11.1 Å². The number of nitrogens with one attached hydrogen (secondary N) is 1. The van der Waals surface area contributed by atoms with Gasteiger partial charge in [-0.1, -0.05) is 17.9 Å². The molecule has 19 heavy (non-hydrogen) atoms. The third-order valence-electron chi connectivity index (χ3n) is 2.50. The minimum atomic E-state index is -1.10. The number of rotatable bonds is 3. The van der Waals surface area contributed by atoms with Crippen molar-refractivity contribution in [1.82, 2.24) is 5.32 Å². The Labute approximate surface area is 112 Å². The van der Waals surface area contributed by atoms with Gasteiger partial charge < -0.3 is 16.8 Å². The average molecular weight is 259 g/mol. The second kappa shape index (κ2) is 6.03. The zero-order chi connectivity index (χ0) is 14.5. The molecular weight excluding hydrogens is 242 g/mol. The first-order valence-electron chi connectivity index (χ1n) is 5.78. The van der Waals surface area contributed by atoms with E-state index < -0.39 is 11.4 Å². The molecule has 1 rings (SSSR count). The third kappa shape index (κ3) is 4.12. The smallest absolute Gasteiger partial charge is 0.252 e. The summed E-state index contributed by atoms with van der Waals surface area (Å²) in [5.41, 5.74) is 10.5. The SMILES string of the molecule is CC(C)(NC(=O)c1cccc(C#CCN)c1)C(N)=O. The Kier molecular flexibility index (Phi) is 4.67. The molecule has 0 atom stereocenters. The van der Waals surface area contributed by atoms with Gasteiger partial charge in [0.2, 0.25) is 5.91 Å². The van der Waals surface area contributed by atoms with Gasteiger partial charge in [-0.05, 0) is 32.0 Å². The number of benzene rings is 1. The molecule has 0 saturated heterocycles. The zero-order valence-corrected chi connectivity index (χ0v) is 11.0. The van der Waals surface area contributed by atoms with E-state index in [2.05, 4.69) is 17.2 Å². The van der Waals surface area contributed by atoms with Crippen molar-refractivity contribution in [2.45, 2.75) is 19.4 Å². The van der Waals surface area contributed by atoms with Crippen LogP contribution in [0.5, 0.6) is 0 Å². The predicted octanol–water partition coefficient (Wildman–Crippen LogP) is -0.00950. The van der Waals surface area contributed by atoms with Crippen LogP contribution in [0.3, 0.4) is 0 Å². The highest BCUT2D eigenvalue weighted by atomic mass is 16.2. The Morgan fingerprint density at radius 2 is 2.05 bits per heavy atom. The first-order valence-corrected chi connectivity index (χ1v) is 5.78. The topological polar surface area (TPSA) is 98.2 Å². The number of hydrogen-bond donors (Lipinski definition) is 3. The fourth-order valence-electron chi connectivity index (χ4n) is 1.31. The van der Waals surface area contributed by atoms with Crippen molar-refractivity contribution >= 4 is 11.8 Å². The quantitative estimate of drug-likeness (QED) is 0.666. The van der Waals surface area contributed by atoms with Crippen molar-refractivity contribution < 1.29 is 9.59 Å². The highest BCUT2D eigenvalue weighted by molar-refractivity contribution is 5.98. The summed E-state index contributed by atoms with van der Waals surface area (Å²) < 4.78 is 0. The molecular formula is C14H17N3O2. The summed E-state index contributed by atoms with van der Waals surface area (Å²) in [5, 5.41) is 2.57. The first-order chi connectivity index (χ1) is 8.86. The highest BCUT2D eigenvalue weighted by Gasteiger charge is 2.27. The normalized spacial score (nSPS) is 10.3. The van der Waals surface area contributed by atoms with Crippen LogP contribution in [0, 0.1) is 11.8 Å². The van der Waals surface area contributed by atoms with Gasteiger partial charge in [-0.3, -0.25) is 9.59 Å². The molecule has 5 N–H and O–H groups in total. The Morgan fingerprint density at radius 1 is 1.37 bits per heavy atom.